The minimum atomic E-state index is -4.59. The minimum Gasteiger partial charge on any atom is -0.398 e. The summed E-state index contributed by atoms with van der Waals surface area (Å²) in [5, 5.41) is 8.39. The number of fused-ring (bicyclic) bond motifs is 2. The lowest BCUT2D eigenvalue weighted by Crippen LogP contribution is -2.28. The zero-order valence-corrected chi connectivity index (χ0v) is 14.7. The van der Waals surface area contributed by atoms with E-state index in [1.165, 1.54) is 16.8 Å². The van der Waals surface area contributed by atoms with Crippen molar-refractivity contribution >= 4 is 27.5 Å². The number of hydrogen-bond acceptors (Lipinski definition) is 5. The summed E-state index contributed by atoms with van der Waals surface area (Å²) >= 11 is 0. The number of anilines is 1. The summed E-state index contributed by atoms with van der Waals surface area (Å²) in [6.07, 6.45) is -2.04. The number of rotatable bonds is 1. The van der Waals surface area contributed by atoms with Crippen molar-refractivity contribution in [2.24, 2.45) is 0 Å². The summed E-state index contributed by atoms with van der Waals surface area (Å²) < 4.78 is 46.5. The highest BCUT2D eigenvalue weighted by Gasteiger charge is 2.31. The molecule has 1 fully saturated rings. The average Bonchev–Trinajstić information content (AvgIpc) is 2.76. The Morgan fingerprint density at radius 3 is 2.57 bits per heavy atom. The van der Waals surface area contributed by atoms with E-state index in [0.717, 1.165) is 18.2 Å². The monoisotopic (exact) mass is 390 g/mol. The van der Waals surface area contributed by atoms with E-state index in [4.69, 9.17) is 15.9 Å². The molecule has 1 aliphatic rings. The van der Waals surface area contributed by atoms with Gasteiger partial charge in [0.1, 0.15) is 5.65 Å². The van der Waals surface area contributed by atoms with Crippen LogP contribution in [-0.4, -0.2) is 22.8 Å². The Balaban J connectivity index is 2.22. The van der Waals surface area contributed by atoms with Crippen molar-refractivity contribution in [1.29, 1.82) is 5.41 Å². The molecule has 3 aromatic rings. The second-order valence-electron chi connectivity index (χ2n) is 6.75. The Hall–Kier alpha value is -2.94. The van der Waals surface area contributed by atoms with Crippen LogP contribution in [0.5, 0.6) is 0 Å². The van der Waals surface area contributed by atoms with Gasteiger partial charge in [0, 0.05) is 41.9 Å². The Bertz CT molecular complexity index is 1200. The molecule has 2 aromatic heterocycles. The van der Waals surface area contributed by atoms with Crippen LogP contribution in [0.15, 0.2) is 35.3 Å². The first-order valence-corrected chi connectivity index (χ1v) is 8.75. The number of nitrogen functional groups attached to an aromatic ring is 1. The normalized spacial score (nSPS) is 16.0. The standard InChI is InChI=1S/C19H17F3N4O2/c20-19(21,22)10-1-2-12-13(9-10)16(24)15-14(23)3-6-25-17(15)26(18(12)27)11-4-7-28-8-5-11/h1-3,6,9,11,24H,4-5,7-8H2,(H2,23,25). The van der Waals surface area contributed by atoms with Crippen molar-refractivity contribution in [1.82, 2.24) is 9.55 Å². The summed E-state index contributed by atoms with van der Waals surface area (Å²) in [6.45, 7) is 0.923. The lowest BCUT2D eigenvalue weighted by atomic mass is 10.1. The number of hydrogen-bond donors (Lipinski definition) is 2. The Morgan fingerprint density at radius 2 is 1.89 bits per heavy atom. The van der Waals surface area contributed by atoms with Crippen LogP contribution in [0.2, 0.25) is 0 Å². The van der Waals surface area contributed by atoms with E-state index in [-0.39, 0.29) is 38.9 Å². The van der Waals surface area contributed by atoms with Gasteiger partial charge in [-0.2, -0.15) is 13.2 Å². The molecule has 0 spiro atoms. The van der Waals surface area contributed by atoms with Crippen LogP contribution in [0.1, 0.15) is 24.4 Å². The lowest BCUT2D eigenvalue weighted by Gasteiger charge is -2.24. The smallest absolute Gasteiger partial charge is 0.398 e. The molecule has 0 aliphatic carbocycles. The summed E-state index contributed by atoms with van der Waals surface area (Å²) in [6, 6.07) is 4.05. The molecule has 3 heterocycles. The molecule has 146 valence electrons. The second kappa shape index (κ2) is 6.59. The molecule has 0 bridgehead atoms. The molecule has 0 radical (unpaired) electrons. The van der Waals surface area contributed by atoms with Crippen LogP contribution in [0, 0.1) is 5.41 Å². The van der Waals surface area contributed by atoms with Crippen LogP contribution < -0.4 is 16.7 Å². The maximum atomic E-state index is 13.3. The maximum absolute atomic E-state index is 13.3. The average molecular weight is 390 g/mol. The highest BCUT2D eigenvalue weighted by atomic mass is 19.4. The fraction of sp³-hybridized carbons (Fsp3) is 0.316. The largest absolute Gasteiger partial charge is 0.416 e. The van der Waals surface area contributed by atoms with Gasteiger partial charge in [0.05, 0.1) is 16.3 Å². The molecule has 28 heavy (non-hydrogen) atoms. The van der Waals surface area contributed by atoms with Crippen molar-refractivity contribution in [2.45, 2.75) is 25.1 Å². The first-order chi connectivity index (χ1) is 13.3. The number of nitrogens with zero attached hydrogens (tertiary/aromatic N) is 2. The lowest BCUT2D eigenvalue weighted by molar-refractivity contribution is -0.137. The molecule has 1 aromatic carbocycles. The van der Waals surface area contributed by atoms with E-state index < -0.39 is 17.3 Å². The third kappa shape index (κ3) is 2.91. The van der Waals surface area contributed by atoms with Crippen LogP contribution in [0.4, 0.5) is 18.9 Å². The highest BCUT2D eigenvalue weighted by Crippen LogP contribution is 2.31. The van der Waals surface area contributed by atoms with Crippen LogP contribution in [0.3, 0.4) is 0 Å². The van der Waals surface area contributed by atoms with Crippen molar-refractivity contribution in [3.8, 4) is 0 Å². The Labute approximate surface area is 156 Å². The van der Waals surface area contributed by atoms with Gasteiger partial charge >= 0.3 is 6.18 Å². The number of nitrogens with one attached hydrogen (secondary N) is 1. The van der Waals surface area contributed by atoms with Gasteiger partial charge in [0.15, 0.2) is 0 Å². The van der Waals surface area contributed by atoms with E-state index in [1.54, 1.807) is 0 Å². The molecule has 0 saturated carbocycles. The van der Waals surface area contributed by atoms with E-state index in [2.05, 4.69) is 4.98 Å². The molecule has 4 rings (SSSR count). The van der Waals surface area contributed by atoms with Crippen molar-refractivity contribution in [3.05, 3.63) is 51.7 Å². The Morgan fingerprint density at radius 1 is 1.18 bits per heavy atom. The number of ether oxygens (including phenoxy) is 1. The van der Waals surface area contributed by atoms with Crippen molar-refractivity contribution in [3.63, 3.8) is 0 Å². The molecular weight excluding hydrogens is 373 g/mol. The summed E-state index contributed by atoms with van der Waals surface area (Å²) in [7, 11) is 0. The predicted molar refractivity (Wildman–Crippen MR) is 97.9 cm³/mol. The van der Waals surface area contributed by atoms with Gasteiger partial charge in [-0.25, -0.2) is 4.98 Å². The van der Waals surface area contributed by atoms with Crippen LogP contribution in [-0.2, 0) is 10.9 Å². The van der Waals surface area contributed by atoms with Crippen molar-refractivity contribution < 1.29 is 17.9 Å². The molecule has 3 N–H and O–H groups in total. The van der Waals surface area contributed by atoms with Gasteiger partial charge in [-0.05, 0) is 37.1 Å². The topological polar surface area (TPSA) is 94.0 Å². The fourth-order valence-electron chi connectivity index (χ4n) is 3.66. The molecule has 6 nitrogen and oxygen atoms in total. The van der Waals surface area contributed by atoms with Gasteiger partial charge in [-0.1, -0.05) is 0 Å². The third-order valence-corrected chi connectivity index (χ3v) is 5.06. The second-order valence-corrected chi connectivity index (χ2v) is 6.75. The van der Waals surface area contributed by atoms with Crippen LogP contribution in [0.25, 0.3) is 21.8 Å². The SMILES string of the molecule is N=c1c2cc(C(F)(F)F)ccc2c(=O)n(C2CCOCC2)c2nccc(N)c12. The summed E-state index contributed by atoms with van der Waals surface area (Å²) in [5.74, 6) is 0. The van der Waals surface area contributed by atoms with Gasteiger partial charge < -0.3 is 10.5 Å². The number of halogens is 3. The van der Waals surface area contributed by atoms with E-state index >= 15 is 0 Å². The molecule has 9 heteroatoms. The maximum Gasteiger partial charge on any atom is 0.416 e. The predicted octanol–water partition coefficient (Wildman–Crippen LogP) is 2.98. The summed E-state index contributed by atoms with van der Waals surface area (Å²) in [4.78, 5) is 17.6. The molecular formula is C19H17F3N4O2. The highest BCUT2D eigenvalue weighted by molar-refractivity contribution is 5.95. The van der Waals surface area contributed by atoms with Gasteiger partial charge in [0.2, 0.25) is 0 Å². The zero-order chi connectivity index (χ0) is 20.1. The number of benzene rings is 1. The number of aromatic nitrogens is 2. The number of nitrogens with two attached hydrogens (primary N) is 1. The molecule has 1 saturated heterocycles. The Kier molecular flexibility index (Phi) is 4.34. The minimum absolute atomic E-state index is 0.0295. The quantitative estimate of drug-likeness (QED) is 0.668. The summed E-state index contributed by atoms with van der Waals surface area (Å²) in [5.41, 5.74) is 5.03. The zero-order valence-electron chi connectivity index (χ0n) is 14.7. The number of alkyl halides is 3. The molecule has 0 unspecified atom stereocenters. The van der Waals surface area contributed by atoms with Crippen molar-refractivity contribution in [2.75, 3.05) is 18.9 Å². The van der Waals surface area contributed by atoms with Gasteiger partial charge in [-0.15, -0.1) is 0 Å². The fourth-order valence-corrected chi connectivity index (χ4v) is 3.66. The molecule has 1 aliphatic heterocycles. The van der Waals surface area contributed by atoms with E-state index in [9.17, 15) is 18.0 Å². The number of pyridine rings is 1. The van der Waals surface area contributed by atoms with E-state index in [1.807, 2.05) is 0 Å². The van der Waals surface area contributed by atoms with E-state index in [0.29, 0.717) is 26.1 Å². The first-order valence-electron chi connectivity index (χ1n) is 8.75. The molecule has 0 atom stereocenters. The third-order valence-electron chi connectivity index (χ3n) is 5.06. The molecule has 0 amide bonds. The van der Waals surface area contributed by atoms with Gasteiger partial charge in [-0.3, -0.25) is 14.8 Å². The first kappa shape index (κ1) is 18.4. The van der Waals surface area contributed by atoms with Gasteiger partial charge in [0.25, 0.3) is 5.56 Å². The van der Waals surface area contributed by atoms with Crippen LogP contribution >= 0.6 is 0 Å².